The van der Waals surface area contributed by atoms with Crippen LogP contribution in [0.1, 0.15) is 5.56 Å². The molecule has 0 unspecified atom stereocenters. The zero-order chi connectivity index (χ0) is 22.1. The van der Waals surface area contributed by atoms with E-state index in [1.807, 2.05) is 6.92 Å². The number of H-pyrrole nitrogens is 1. The van der Waals surface area contributed by atoms with E-state index in [1.165, 1.54) is 6.07 Å². The molecule has 0 spiro atoms. The highest BCUT2D eigenvalue weighted by Gasteiger charge is 2.10. The number of oxazole rings is 1. The van der Waals surface area contributed by atoms with Crippen molar-refractivity contribution < 1.29 is 8.81 Å². The van der Waals surface area contributed by atoms with E-state index in [-0.39, 0.29) is 5.82 Å². The number of hydrogen-bond acceptors (Lipinski definition) is 7. The van der Waals surface area contributed by atoms with Crippen molar-refractivity contribution >= 4 is 34.2 Å². The molecule has 0 bridgehead atoms. The first-order valence-electron chi connectivity index (χ1n) is 9.76. The second-order valence-corrected chi connectivity index (χ2v) is 7.13. The third-order valence-electron chi connectivity index (χ3n) is 4.87. The van der Waals surface area contributed by atoms with Crippen molar-refractivity contribution in [2.45, 2.75) is 6.92 Å². The number of rotatable bonds is 5. The van der Waals surface area contributed by atoms with Gasteiger partial charge in [0.1, 0.15) is 11.6 Å². The SMILES string of the molecule is Cc1cnc(Nc2ccc(-c3ccncc3)c(F)c2)nc1Nc1ccc2oc(=O)[nH]c2c1. The van der Waals surface area contributed by atoms with Crippen LogP contribution in [-0.4, -0.2) is 19.9 Å². The van der Waals surface area contributed by atoms with Crippen molar-refractivity contribution in [3.63, 3.8) is 0 Å². The summed E-state index contributed by atoms with van der Waals surface area (Å²) in [6.45, 7) is 1.87. The molecule has 0 aliphatic rings. The van der Waals surface area contributed by atoms with Crippen LogP contribution < -0.4 is 16.4 Å². The van der Waals surface area contributed by atoms with Crippen LogP contribution in [-0.2, 0) is 0 Å². The lowest BCUT2D eigenvalue weighted by Crippen LogP contribution is -2.03. The molecular weight excluding hydrogens is 411 g/mol. The summed E-state index contributed by atoms with van der Waals surface area (Å²) in [5.74, 6) is 0.00614. The van der Waals surface area contributed by atoms with Crippen LogP contribution in [0, 0.1) is 12.7 Å². The third-order valence-corrected chi connectivity index (χ3v) is 4.87. The van der Waals surface area contributed by atoms with E-state index < -0.39 is 5.76 Å². The second-order valence-electron chi connectivity index (χ2n) is 7.13. The average Bonchev–Trinajstić information content (AvgIpc) is 3.16. The first-order valence-corrected chi connectivity index (χ1v) is 9.76. The molecule has 0 aliphatic carbocycles. The van der Waals surface area contributed by atoms with Crippen molar-refractivity contribution in [1.82, 2.24) is 19.9 Å². The van der Waals surface area contributed by atoms with Gasteiger partial charge in [0, 0.05) is 41.1 Å². The summed E-state index contributed by atoms with van der Waals surface area (Å²) in [6, 6.07) is 13.6. The number of aromatic amines is 1. The van der Waals surface area contributed by atoms with Gasteiger partial charge in [-0.05, 0) is 61.0 Å². The Morgan fingerprint density at radius 1 is 1.00 bits per heavy atom. The molecule has 0 amide bonds. The lowest BCUT2D eigenvalue weighted by Gasteiger charge is -2.12. The molecular formula is C23H17FN6O2. The molecule has 8 nitrogen and oxygen atoms in total. The maximum absolute atomic E-state index is 14.7. The van der Waals surface area contributed by atoms with Gasteiger partial charge in [-0.1, -0.05) is 0 Å². The number of anilines is 4. The van der Waals surface area contributed by atoms with Gasteiger partial charge in [0.05, 0.1) is 5.52 Å². The molecule has 0 fully saturated rings. The quantitative estimate of drug-likeness (QED) is 0.365. The molecule has 9 heteroatoms. The zero-order valence-corrected chi connectivity index (χ0v) is 16.9. The predicted molar refractivity (Wildman–Crippen MR) is 120 cm³/mol. The lowest BCUT2D eigenvalue weighted by atomic mass is 10.1. The number of halogens is 1. The summed E-state index contributed by atoms with van der Waals surface area (Å²) in [5, 5.41) is 6.24. The fraction of sp³-hybridized carbons (Fsp3) is 0.0435. The van der Waals surface area contributed by atoms with E-state index in [1.54, 1.807) is 61.1 Å². The summed E-state index contributed by atoms with van der Waals surface area (Å²) in [7, 11) is 0. The van der Waals surface area contributed by atoms with Gasteiger partial charge in [-0.3, -0.25) is 9.97 Å². The monoisotopic (exact) mass is 428 g/mol. The Hall–Kier alpha value is -4.53. The minimum atomic E-state index is -0.510. The van der Waals surface area contributed by atoms with E-state index >= 15 is 0 Å². The second kappa shape index (κ2) is 7.95. The molecule has 5 rings (SSSR count). The molecule has 3 N–H and O–H groups in total. The predicted octanol–water partition coefficient (Wildman–Crippen LogP) is 4.91. The molecule has 0 radical (unpaired) electrons. The van der Waals surface area contributed by atoms with E-state index in [0.717, 1.165) is 16.8 Å². The molecule has 5 aromatic rings. The third kappa shape index (κ3) is 3.91. The number of aromatic nitrogens is 4. The van der Waals surface area contributed by atoms with Crippen molar-refractivity contribution in [2.24, 2.45) is 0 Å². The normalized spacial score (nSPS) is 10.9. The van der Waals surface area contributed by atoms with E-state index in [9.17, 15) is 9.18 Å². The van der Waals surface area contributed by atoms with Gasteiger partial charge in [0.15, 0.2) is 5.58 Å². The Labute approximate surface area is 181 Å². The van der Waals surface area contributed by atoms with E-state index in [4.69, 9.17) is 4.42 Å². The minimum Gasteiger partial charge on any atom is -0.408 e. The summed E-state index contributed by atoms with van der Waals surface area (Å²) < 4.78 is 19.7. The standard InChI is InChI=1S/C23H17FN6O2/c1-13-12-26-22(28-15-2-4-17(18(24)10-15)14-6-8-25-9-7-14)30-21(13)27-16-3-5-20-19(11-16)29-23(31)32-20/h2-12H,1H3,(H,29,31)(H2,26,27,28,30). The Morgan fingerprint density at radius 2 is 1.78 bits per heavy atom. The summed E-state index contributed by atoms with van der Waals surface area (Å²) in [5.41, 5.74) is 4.34. The topological polar surface area (TPSA) is 109 Å². The molecule has 0 aliphatic heterocycles. The maximum atomic E-state index is 14.7. The van der Waals surface area contributed by atoms with Crippen LogP contribution in [0.5, 0.6) is 0 Å². The van der Waals surface area contributed by atoms with Gasteiger partial charge in [0.25, 0.3) is 0 Å². The van der Waals surface area contributed by atoms with Gasteiger partial charge >= 0.3 is 5.76 Å². The minimum absolute atomic E-state index is 0.312. The summed E-state index contributed by atoms with van der Waals surface area (Å²) in [4.78, 5) is 26.7. The maximum Gasteiger partial charge on any atom is 0.417 e. The fourth-order valence-corrected chi connectivity index (χ4v) is 3.28. The fourth-order valence-electron chi connectivity index (χ4n) is 3.28. The van der Waals surface area contributed by atoms with E-state index in [0.29, 0.717) is 34.1 Å². The Balaban J connectivity index is 1.38. The Bertz CT molecular complexity index is 1480. The summed E-state index contributed by atoms with van der Waals surface area (Å²) >= 11 is 0. The Kier molecular flexibility index (Phi) is 4.83. The Morgan fingerprint density at radius 3 is 2.59 bits per heavy atom. The highest BCUT2D eigenvalue weighted by atomic mass is 19.1. The van der Waals surface area contributed by atoms with Crippen LogP contribution in [0.2, 0.25) is 0 Å². The molecule has 3 aromatic heterocycles. The lowest BCUT2D eigenvalue weighted by molar-refractivity contribution is 0.555. The number of hydrogen-bond donors (Lipinski definition) is 3. The number of aryl methyl sites for hydroxylation is 1. The van der Waals surface area contributed by atoms with Crippen LogP contribution in [0.4, 0.5) is 27.5 Å². The van der Waals surface area contributed by atoms with Crippen LogP contribution in [0.3, 0.4) is 0 Å². The van der Waals surface area contributed by atoms with Gasteiger partial charge in [0.2, 0.25) is 5.95 Å². The van der Waals surface area contributed by atoms with Crippen molar-refractivity contribution in [2.75, 3.05) is 10.6 Å². The average molecular weight is 428 g/mol. The van der Waals surface area contributed by atoms with Crippen LogP contribution in [0.15, 0.2) is 76.3 Å². The molecule has 0 saturated carbocycles. The molecule has 3 heterocycles. The van der Waals surface area contributed by atoms with Crippen molar-refractivity contribution in [3.8, 4) is 11.1 Å². The number of nitrogens with zero attached hydrogens (tertiary/aromatic N) is 3. The molecule has 2 aromatic carbocycles. The van der Waals surface area contributed by atoms with Gasteiger partial charge in [-0.2, -0.15) is 4.98 Å². The summed E-state index contributed by atoms with van der Waals surface area (Å²) in [6.07, 6.45) is 4.91. The first kappa shape index (κ1) is 19.4. The largest absolute Gasteiger partial charge is 0.417 e. The highest BCUT2D eigenvalue weighted by molar-refractivity contribution is 5.78. The smallest absolute Gasteiger partial charge is 0.408 e. The van der Waals surface area contributed by atoms with Gasteiger partial charge < -0.3 is 15.1 Å². The highest BCUT2D eigenvalue weighted by Crippen LogP contribution is 2.27. The zero-order valence-electron chi connectivity index (χ0n) is 16.9. The molecule has 0 atom stereocenters. The molecule has 158 valence electrons. The van der Waals surface area contributed by atoms with Gasteiger partial charge in [-0.25, -0.2) is 14.2 Å². The van der Waals surface area contributed by atoms with E-state index in [2.05, 4.69) is 30.6 Å². The van der Waals surface area contributed by atoms with Crippen molar-refractivity contribution in [1.29, 1.82) is 0 Å². The number of benzene rings is 2. The van der Waals surface area contributed by atoms with Gasteiger partial charge in [-0.15, -0.1) is 0 Å². The van der Waals surface area contributed by atoms with Crippen LogP contribution >= 0.6 is 0 Å². The number of fused-ring (bicyclic) bond motifs is 1. The van der Waals surface area contributed by atoms with Crippen LogP contribution in [0.25, 0.3) is 22.2 Å². The number of pyridine rings is 1. The van der Waals surface area contributed by atoms with Crippen molar-refractivity contribution in [3.05, 3.63) is 89.1 Å². The first-order chi connectivity index (χ1) is 15.5. The molecule has 0 saturated heterocycles. The number of nitrogens with one attached hydrogen (secondary N) is 3. The molecule has 32 heavy (non-hydrogen) atoms.